The zero-order valence-electron chi connectivity index (χ0n) is 19.1. The van der Waals surface area contributed by atoms with Gasteiger partial charge < -0.3 is 14.2 Å². The van der Waals surface area contributed by atoms with Gasteiger partial charge in [-0.3, -0.25) is 9.88 Å². The van der Waals surface area contributed by atoms with Gasteiger partial charge in [-0.25, -0.2) is 9.78 Å². The Morgan fingerprint density at radius 3 is 2.42 bits per heavy atom. The lowest BCUT2D eigenvalue weighted by atomic mass is 9.87. The Bertz CT molecular complexity index is 979. The first kappa shape index (κ1) is 24.6. The molecule has 7 nitrogen and oxygen atoms in total. The summed E-state index contributed by atoms with van der Waals surface area (Å²) in [5.41, 5.74) is 1.58. The molecule has 33 heavy (non-hydrogen) atoms. The number of hydrogen-bond acceptors (Lipinski definition) is 5. The van der Waals surface area contributed by atoms with Crippen molar-refractivity contribution < 1.29 is 19.0 Å². The topological polar surface area (TPSA) is 74.6 Å². The van der Waals surface area contributed by atoms with Crippen LogP contribution in [0.15, 0.2) is 73.3 Å². The molecule has 3 rings (SSSR count). The molecule has 1 amide bonds. The zero-order valence-corrected chi connectivity index (χ0v) is 19.9. The molecule has 0 bridgehead atoms. The lowest BCUT2D eigenvalue weighted by molar-refractivity contribution is -0.0748. The zero-order chi connectivity index (χ0) is 23.7. The van der Waals surface area contributed by atoms with Crippen LogP contribution < -0.4 is 10.1 Å². The molecule has 0 radical (unpaired) electrons. The van der Waals surface area contributed by atoms with Crippen LogP contribution in [-0.4, -0.2) is 41.0 Å². The second-order valence-electron chi connectivity index (χ2n) is 8.17. The van der Waals surface area contributed by atoms with Crippen LogP contribution in [-0.2, 0) is 9.47 Å². The number of carbonyl (C=O) groups is 1. The first-order valence-electron chi connectivity index (χ1n) is 10.8. The summed E-state index contributed by atoms with van der Waals surface area (Å²) in [5, 5.41) is 2.59. The Hall–Kier alpha value is -3.03. The summed E-state index contributed by atoms with van der Waals surface area (Å²) >= 11 is 6.28. The Kier molecular flexibility index (Phi) is 8.74. The Morgan fingerprint density at radius 2 is 1.82 bits per heavy atom. The number of carbonyl (C=O) groups excluding carboxylic acids is 1. The Balaban J connectivity index is 1.85. The molecular formula is C25H30ClN3O4. The van der Waals surface area contributed by atoms with Gasteiger partial charge in [-0.1, -0.05) is 56.3 Å². The van der Waals surface area contributed by atoms with Crippen LogP contribution in [0.2, 0.25) is 0 Å². The van der Waals surface area contributed by atoms with Crippen LogP contribution >= 0.6 is 11.6 Å². The maximum absolute atomic E-state index is 12.5. The molecule has 0 saturated carbocycles. The standard InChI is InChI=1S/C25H30ClN3O4/c1-4-31-18-28-24(30)33-22(25(2,3)16-26)23(29-15-14-27-17-29)32-21-12-10-20(11-13-21)19-8-6-5-7-9-19/h5-15,17,22-23H,4,16,18H2,1-3H3,(H,28,30). The average Bonchev–Trinajstić information content (AvgIpc) is 3.37. The lowest BCUT2D eigenvalue weighted by Crippen LogP contribution is -2.46. The van der Waals surface area contributed by atoms with E-state index in [0.29, 0.717) is 12.4 Å². The van der Waals surface area contributed by atoms with Crippen molar-refractivity contribution in [1.29, 1.82) is 0 Å². The summed E-state index contributed by atoms with van der Waals surface area (Å²) in [7, 11) is 0. The number of alkyl halides is 1. The number of hydrogen-bond donors (Lipinski definition) is 1. The van der Waals surface area contributed by atoms with Gasteiger partial charge in [-0.05, 0) is 30.2 Å². The number of rotatable bonds is 11. The summed E-state index contributed by atoms with van der Waals surface area (Å²) in [4.78, 5) is 16.6. The van der Waals surface area contributed by atoms with Crippen molar-refractivity contribution in [3.05, 3.63) is 73.3 Å². The van der Waals surface area contributed by atoms with Gasteiger partial charge in [0.15, 0.2) is 6.10 Å². The summed E-state index contributed by atoms with van der Waals surface area (Å²) in [6.45, 7) is 6.23. The maximum atomic E-state index is 12.5. The van der Waals surface area contributed by atoms with E-state index >= 15 is 0 Å². The first-order chi connectivity index (χ1) is 15.9. The van der Waals surface area contributed by atoms with Crippen LogP contribution in [0.3, 0.4) is 0 Å². The van der Waals surface area contributed by atoms with Gasteiger partial charge in [0, 0.05) is 30.3 Å². The molecule has 176 valence electrons. The van der Waals surface area contributed by atoms with E-state index in [2.05, 4.69) is 22.4 Å². The van der Waals surface area contributed by atoms with Crippen molar-refractivity contribution in [3.8, 4) is 16.9 Å². The Labute approximate surface area is 199 Å². The molecule has 1 aromatic heterocycles. The van der Waals surface area contributed by atoms with Crippen LogP contribution in [0.5, 0.6) is 5.75 Å². The maximum Gasteiger partial charge on any atom is 0.409 e. The predicted octanol–water partition coefficient (Wildman–Crippen LogP) is 5.48. The molecule has 1 heterocycles. The fourth-order valence-electron chi connectivity index (χ4n) is 3.24. The number of nitrogens with one attached hydrogen (secondary N) is 1. The van der Waals surface area contributed by atoms with Gasteiger partial charge >= 0.3 is 6.09 Å². The summed E-state index contributed by atoms with van der Waals surface area (Å²) < 4.78 is 19.1. The summed E-state index contributed by atoms with van der Waals surface area (Å²) in [6, 6.07) is 17.9. The van der Waals surface area contributed by atoms with E-state index in [9.17, 15) is 4.79 Å². The molecule has 0 aliphatic rings. The minimum absolute atomic E-state index is 0.0565. The van der Waals surface area contributed by atoms with Gasteiger partial charge in [-0.15, -0.1) is 11.6 Å². The second kappa shape index (κ2) is 11.7. The lowest BCUT2D eigenvalue weighted by Gasteiger charge is -2.37. The van der Waals surface area contributed by atoms with Crippen LogP contribution in [0.1, 0.15) is 27.0 Å². The monoisotopic (exact) mass is 471 g/mol. The normalized spacial score (nSPS) is 13.2. The molecule has 2 unspecified atom stereocenters. The van der Waals surface area contributed by atoms with Gasteiger partial charge in [-0.2, -0.15) is 0 Å². The first-order valence-corrected chi connectivity index (χ1v) is 11.4. The van der Waals surface area contributed by atoms with Crippen LogP contribution in [0.4, 0.5) is 4.79 Å². The molecular weight excluding hydrogens is 442 g/mol. The van der Waals surface area contributed by atoms with Crippen molar-refractivity contribution >= 4 is 17.7 Å². The van der Waals surface area contributed by atoms with Crippen molar-refractivity contribution in [2.45, 2.75) is 33.1 Å². The fourth-order valence-corrected chi connectivity index (χ4v) is 3.40. The van der Waals surface area contributed by atoms with Gasteiger partial charge in [0.1, 0.15) is 12.5 Å². The van der Waals surface area contributed by atoms with Crippen LogP contribution in [0, 0.1) is 5.41 Å². The highest BCUT2D eigenvalue weighted by Crippen LogP contribution is 2.35. The van der Waals surface area contributed by atoms with E-state index in [-0.39, 0.29) is 12.6 Å². The molecule has 3 aromatic rings. The average molecular weight is 472 g/mol. The van der Waals surface area contributed by atoms with Crippen LogP contribution in [0.25, 0.3) is 11.1 Å². The number of ether oxygens (including phenoxy) is 3. The number of benzene rings is 2. The van der Waals surface area contributed by atoms with Crippen molar-refractivity contribution in [2.24, 2.45) is 5.41 Å². The molecule has 0 aliphatic carbocycles. The molecule has 0 fully saturated rings. The van der Waals surface area contributed by atoms with Crippen molar-refractivity contribution in [2.75, 3.05) is 19.2 Å². The molecule has 2 aromatic carbocycles. The highest BCUT2D eigenvalue weighted by Gasteiger charge is 2.41. The SMILES string of the molecule is CCOCNC(=O)OC(C(Oc1ccc(-c2ccccc2)cc1)n1ccnc1)C(C)(C)CCl. The highest BCUT2D eigenvalue weighted by atomic mass is 35.5. The molecule has 1 N–H and O–H groups in total. The van der Waals surface area contributed by atoms with Gasteiger partial charge in [0.2, 0.25) is 6.23 Å². The molecule has 2 atom stereocenters. The van der Waals surface area contributed by atoms with E-state index in [1.165, 1.54) is 0 Å². The quantitative estimate of drug-likeness (QED) is 0.227. The number of imidazole rings is 1. The number of alkyl carbamates (subject to hydrolysis) is 1. The fraction of sp³-hybridized carbons (Fsp3) is 0.360. The highest BCUT2D eigenvalue weighted by molar-refractivity contribution is 6.18. The molecule has 0 aliphatic heterocycles. The van der Waals surface area contributed by atoms with Crippen molar-refractivity contribution in [1.82, 2.24) is 14.9 Å². The third-order valence-electron chi connectivity index (χ3n) is 5.17. The van der Waals surface area contributed by atoms with E-state index in [4.69, 9.17) is 25.8 Å². The van der Waals surface area contributed by atoms with E-state index in [1.807, 2.05) is 63.2 Å². The third kappa shape index (κ3) is 6.73. The van der Waals surface area contributed by atoms with E-state index in [1.54, 1.807) is 23.3 Å². The summed E-state index contributed by atoms with van der Waals surface area (Å²) in [6.07, 6.45) is 3.01. The molecule has 0 spiro atoms. The third-order valence-corrected chi connectivity index (χ3v) is 5.86. The second-order valence-corrected chi connectivity index (χ2v) is 8.44. The van der Waals surface area contributed by atoms with Gasteiger partial charge in [0.25, 0.3) is 0 Å². The number of amides is 1. The largest absolute Gasteiger partial charge is 0.466 e. The summed E-state index contributed by atoms with van der Waals surface area (Å²) in [5.74, 6) is 0.875. The minimum Gasteiger partial charge on any atom is -0.466 e. The van der Waals surface area contributed by atoms with E-state index in [0.717, 1.165) is 11.1 Å². The number of aromatic nitrogens is 2. The number of halogens is 1. The number of nitrogens with zero attached hydrogens (tertiary/aromatic N) is 2. The Morgan fingerprint density at radius 1 is 1.12 bits per heavy atom. The molecule has 8 heteroatoms. The predicted molar refractivity (Wildman–Crippen MR) is 128 cm³/mol. The van der Waals surface area contributed by atoms with Crippen molar-refractivity contribution in [3.63, 3.8) is 0 Å². The van der Waals surface area contributed by atoms with E-state index < -0.39 is 23.8 Å². The van der Waals surface area contributed by atoms with Gasteiger partial charge in [0.05, 0.1) is 6.33 Å². The molecule has 0 saturated heterocycles. The smallest absolute Gasteiger partial charge is 0.409 e. The minimum atomic E-state index is -0.723.